The lowest BCUT2D eigenvalue weighted by atomic mass is 10.1. The zero-order valence-corrected chi connectivity index (χ0v) is 20.0. The highest BCUT2D eigenvalue weighted by Gasteiger charge is 2.17. The van der Waals surface area contributed by atoms with Crippen LogP contribution < -0.4 is 19.6 Å². The van der Waals surface area contributed by atoms with Gasteiger partial charge in [0.05, 0.1) is 5.39 Å². The lowest BCUT2D eigenvalue weighted by Gasteiger charge is -2.10. The van der Waals surface area contributed by atoms with Gasteiger partial charge in [-0.15, -0.1) is 0 Å². The third-order valence-electron chi connectivity index (χ3n) is 4.97. The predicted molar refractivity (Wildman–Crippen MR) is 131 cm³/mol. The summed E-state index contributed by atoms with van der Waals surface area (Å²) in [5.41, 5.74) is 2.59. The van der Waals surface area contributed by atoms with E-state index >= 15 is 0 Å². The summed E-state index contributed by atoms with van der Waals surface area (Å²) in [7, 11) is 0. The fourth-order valence-corrected chi connectivity index (χ4v) is 3.42. The van der Waals surface area contributed by atoms with Gasteiger partial charge < -0.3 is 18.6 Å². The maximum atomic E-state index is 13.3. The molecule has 1 aromatic heterocycles. The smallest absolute Gasteiger partial charge is 0.308 e. The Hall–Kier alpha value is -3.87. The zero-order valence-electron chi connectivity index (χ0n) is 20.0. The van der Waals surface area contributed by atoms with Crippen molar-refractivity contribution in [1.82, 2.24) is 0 Å². The van der Waals surface area contributed by atoms with Crippen LogP contribution in [-0.4, -0.2) is 18.5 Å². The molecular weight excluding hydrogens is 436 g/mol. The Morgan fingerprint density at radius 3 is 2.29 bits per heavy atom. The Morgan fingerprint density at radius 1 is 0.882 bits per heavy atom. The molecule has 1 heterocycles. The molecule has 0 aliphatic heterocycles. The number of rotatable bonds is 8. The largest absolute Gasteiger partial charge is 0.490 e. The van der Waals surface area contributed by atoms with E-state index in [0.717, 1.165) is 12.8 Å². The summed E-state index contributed by atoms with van der Waals surface area (Å²) < 4.78 is 22.0. The van der Waals surface area contributed by atoms with Gasteiger partial charge in [-0.1, -0.05) is 17.2 Å². The van der Waals surface area contributed by atoms with Gasteiger partial charge >= 0.3 is 11.9 Å². The number of esters is 2. The molecule has 0 spiro atoms. The van der Waals surface area contributed by atoms with Crippen molar-refractivity contribution >= 4 is 33.9 Å². The van der Waals surface area contributed by atoms with Gasteiger partial charge in [-0.25, -0.2) is 0 Å². The second-order valence-electron chi connectivity index (χ2n) is 8.25. The fourth-order valence-electron chi connectivity index (χ4n) is 3.42. The lowest BCUT2D eigenvalue weighted by Crippen LogP contribution is -2.09. The Balaban J connectivity index is 1.94. The molecule has 0 bridgehead atoms. The number of carbonyl (C=O) groups is 2. The van der Waals surface area contributed by atoms with Crippen molar-refractivity contribution in [2.24, 2.45) is 0 Å². The number of hydrogen-bond donors (Lipinski definition) is 0. The van der Waals surface area contributed by atoms with E-state index in [0.29, 0.717) is 17.9 Å². The first-order valence-electron chi connectivity index (χ1n) is 11.0. The second-order valence-corrected chi connectivity index (χ2v) is 8.25. The minimum absolute atomic E-state index is 0.0434. The van der Waals surface area contributed by atoms with E-state index in [2.05, 4.69) is 26.8 Å². The summed E-state index contributed by atoms with van der Waals surface area (Å²) in [6.07, 6.45) is 6.15. The molecule has 0 aliphatic rings. The SMILES string of the molecule is CC(=O)Oc1cc(OC(C)=O)c2c(=O)c3cc(OC/C=C(\C)CCC=C(C)C)ccc3oc2c1. The van der Waals surface area contributed by atoms with E-state index in [-0.39, 0.29) is 33.3 Å². The Morgan fingerprint density at radius 2 is 1.62 bits per heavy atom. The van der Waals surface area contributed by atoms with Crippen LogP contribution in [0.2, 0.25) is 0 Å². The third-order valence-corrected chi connectivity index (χ3v) is 4.97. The van der Waals surface area contributed by atoms with Crippen LogP contribution in [0.25, 0.3) is 21.9 Å². The Labute approximate surface area is 197 Å². The molecule has 0 atom stereocenters. The molecule has 0 saturated heterocycles. The minimum atomic E-state index is -0.621. The van der Waals surface area contributed by atoms with Crippen LogP contribution in [0.15, 0.2) is 62.8 Å². The second kappa shape index (κ2) is 10.8. The molecule has 0 N–H and O–H groups in total. The van der Waals surface area contributed by atoms with Crippen LogP contribution in [0.4, 0.5) is 0 Å². The predicted octanol–water partition coefficient (Wildman–Crippen LogP) is 5.87. The zero-order chi connectivity index (χ0) is 24.8. The topological polar surface area (TPSA) is 92.0 Å². The van der Waals surface area contributed by atoms with Crippen molar-refractivity contribution in [1.29, 1.82) is 0 Å². The van der Waals surface area contributed by atoms with Gasteiger partial charge in [-0.05, 0) is 57.9 Å². The first-order valence-corrected chi connectivity index (χ1v) is 11.0. The van der Waals surface area contributed by atoms with Gasteiger partial charge in [-0.3, -0.25) is 14.4 Å². The molecule has 0 unspecified atom stereocenters. The Bertz CT molecular complexity index is 1350. The molecule has 0 saturated carbocycles. The average Bonchev–Trinajstić information content (AvgIpc) is 2.72. The summed E-state index contributed by atoms with van der Waals surface area (Å²) in [4.78, 5) is 36.3. The quantitative estimate of drug-likeness (QED) is 0.178. The molecule has 0 radical (unpaired) electrons. The highest BCUT2D eigenvalue weighted by atomic mass is 16.5. The number of hydrogen-bond acceptors (Lipinski definition) is 7. The van der Waals surface area contributed by atoms with Crippen molar-refractivity contribution in [3.8, 4) is 17.2 Å². The van der Waals surface area contributed by atoms with Crippen LogP contribution in [-0.2, 0) is 9.59 Å². The van der Waals surface area contributed by atoms with Gasteiger partial charge in [0.1, 0.15) is 40.4 Å². The van der Waals surface area contributed by atoms with E-state index in [9.17, 15) is 14.4 Å². The number of fused-ring (bicyclic) bond motifs is 2. The summed E-state index contributed by atoms with van der Waals surface area (Å²) in [5.74, 6) is -0.606. The molecule has 3 aromatic rings. The van der Waals surface area contributed by atoms with Gasteiger partial charge in [0, 0.05) is 26.0 Å². The maximum absolute atomic E-state index is 13.3. The third kappa shape index (κ3) is 6.34. The molecule has 0 amide bonds. The summed E-state index contributed by atoms with van der Waals surface area (Å²) >= 11 is 0. The number of benzene rings is 2. The molecule has 3 rings (SSSR count). The van der Waals surface area contributed by atoms with Crippen LogP contribution in [0.1, 0.15) is 47.5 Å². The van der Waals surface area contributed by atoms with E-state index in [1.807, 2.05) is 6.08 Å². The lowest BCUT2D eigenvalue weighted by molar-refractivity contribution is -0.132. The monoisotopic (exact) mass is 464 g/mol. The molecule has 0 fully saturated rings. The summed E-state index contributed by atoms with van der Waals surface area (Å²) in [5, 5.41) is 0.355. The summed E-state index contributed by atoms with van der Waals surface area (Å²) in [6, 6.07) is 7.69. The molecule has 7 heteroatoms. The van der Waals surface area contributed by atoms with Gasteiger partial charge in [0.25, 0.3) is 0 Å². The highest BCUT2D eigenvalue weighted by Crippen LogP contribution is 2.32. The van der Waals surface area contributed by atoms with Crippen molar-refractivity contribution in [2.75, 3.05) is 6.61 Å². The minimum Gasteiger partial charge on any atom is -0.490 e. The molecule has 0 aliphatic carbocycles. The Kier molecular flexibility index (Phi) is 7.89. The molecular formula is C27H28O7. The van der Waals surface area contributed by atoms with Crippen LogP contribution in [0.3, 0.4) is 0 Å². The normalized spacial score (nSPS) is 11.4. The van der Waals surface area contributed by atoms with Crippen LogP contribution in [0.5, 0.6) is 17.2 Å². The molecule has 34 heavy (non-hydrogen) atoms. The standard InChI is InChI=1S/C27H28O7/c1-16(2)7-6-8-17(3)11-12-31-20-9-10-23-22(13-20)27(30)26-24(33-19(5)29)14-21(32-18(4)28)15-25(26)34-23/h7,9-11,13-15H,6,8,12H2,1-5H3/b17-11+. The van der Waals surface area contributed by atoms with Crippen molar-refractivity contribution < 1.29 is 28.2 Å². The number of allylic oxidation sites excluding steroid dienone is 3. The summed E-state index contributed by atoms with van der Waals surface area (Å²) in [6.45, 7) is 9.05. The first-order chi connectivity index (χ1) is 16.1. The molecule has 178 valence electrons. The number of carbonyl (C=O) groups excluding carboxylic acids is 2. The van der Waals surface area contributed by atoms with Crippen molar-refractivity contribution in [3.63, 3.8) is 0 Å². The van der Waals surface area contributed by atoms with Gasteiger partial charge in [0.15, 0.2) is 0 Å². The fraction of sp³-hybridized carbons (Fsp3) is 0.296. The van der Waals surface area contributed by atoms with E-state index in [1.54, 1.807) is 18.2 Å². The van der Waals surface area contributed by atoms with Crippen LogP contribution in [0, 0.1) is 0 Å². The van der Waals surface area contributed by atoms with Crippen LogP contribution >= 0.6 is 0 Å². The number of ether oxygens (including phenoxy) is 3. The van der Waals surface area contributed by atoms with Gasteiger partial charge in [0.2, 0.25) is 5.43 Å². The van der Waals surface area contributed by atoms with E-state index in [4.69, 9.17) is 18.6 Å². The van der Waals surface area contributed by atoms with E-state index < -0.39 is 11.9 Å². The molecule has 2 aromatic carbocycles. The van der Waals surface area contributed by atoms with Crippen molar-refractivity contribution in [3.05, 3.63) is 63.9 Å². The average molecular weight is 465 g/mol. The highest BCUT2D eigenvalue weighted by molar-refractivity contribution is 5.95. The molecule has 7 nitrogen and oxygen atoms in total. The first kappa shape index (κ1) is 24.8. The van der Waals surface area contributed by atoms with Crippen molar-refractivity contribution in [2.45, 2.75) is 47.5 Å². The van der Waals surface area contributed by atoms with E-state index in [1.165, 1.54) is 37.1 Å². The maximum Gasteiger partial charge on any atom is 0.308 e. The van der Waals surface area contributed by atoms with Gasteiger partial charge in [-0.2, -0.15) is 0 Å².